The first kappa shape index (κ1) is 10.8. The third-order valence-corrected chi connectivity index (χ3v) is 6.05. The van der Waals surface area contributed by atoms with Gasteiger partial charge in [-0.2, -0.15) is 8.42 Å². The maximum Gasteiger partial charge on any atom is 0.270 e. The summed E-state index contributed by atoms with van der Waals surface area (Å²) in [5.74, 6) is 1.95. The Morgan fingerprint density at radius 3 is 2.75 bits per heavy atom. The van der Waals surface area contributed by atoms with Gasteiger partial charge in [0.25, 0.3) is 10.1 Å². The SMILES string of the molecule is O=S1(=O)OCCCC1CC1CC2C=CC1C2. The Morgan fingerprint density at radius 2 is 2.12 bits per heavy atom. The highest BCUT2D eigenvalue weighted by Crippen LogP contribution is 2.46. The fourth-order valence-electron chi connectivity index (χ4n) is 3.47. The zero-order valence-electron chi connectivity index (χ0n) is 9.34. The third-order valence-electron chi connectivity index (χ3n) is 4.31. The van der Waals surface area contributed by atoms with Gasteiger partial charge >= 0.3 is 0 Å². The van der Waals surface area contributed by atoms with E-state index in [-0.39, 0.29) is 5.25 Å². The van der Waals surface area contributed by atoms with Crippen LogP contribution in [0.3, 0.4) is 0 Å². The smallest absolute Gasteiger partial charge is 0.270 e. The van der Waals surface area contributed by atoms with Gasteiger partial charge in [-0.15, -0.1) is 0 Å². The van der Waals surface area contributed by atoms with Crippen LogP contribution in [0.4, 0.5) is 0 Å². The van der Waals surface area contributed by atoms with Gasteiger partial charge < -0.3 is 0 Å². The second kappa shape index (κ2) is 3.84. The Hall–Kier alpha value is -0.350. The maximum atomic E-state index is 11.7. The summed E-state index contributed by atoms with van der Waals surface area (Å²) in [6.45, 7) is 0.384. The van der Waals surface area contributed by atoms with E-state index in [1.165, 1.54) is 12.8 Å². The molecule has 0 amide bonds. The van der Waals surface area contributed by atoms with Crippen molar-refractivity contribution in [2.75, 3.05) is 6.61 Å². The van der Waals surface area contributed by atoms with Crippen molar-refractivity contribution < 1.29 is 12.6 Å². The first-order valence-electron chi connectivity index (χ1n) is 6.22. The van der Waals surface area contributed by atoms with Gasteiger partial charge in [0.05, 0.1) is 11.9 Å². The van der Waals surface area contributed by atoms with Crippen molar-refractivity contribution in [1.82, 2.24) is 0 Å². The predicted molar refractivity (Wildman–Crippen MR) is 61.4 cm³/mol. The molecule has 4 heteroatoms. The average molecular weight is 242 g/mol. The lowest BCUT2D eigenvalue weighted by Crippen LogP contribution is -2.31. The van der Waals surface area contributed by atoms with Gasteiger partial charge in [0.2, 0.25) is 0 Å². The highest BCUT2D eigenvalue weighted by molar-refractivity contribution is 7.87. The van der Waals surface area contributed by atoms with Crippen LogP contribution < -0.4 is 0 Å². The molecule has 1 heterocycles. The monoisotopic (exact) mass is 242 g/mol. The van der Waals surface area contributed by atoms with Crippen LogP contribution in [0, 0.1) is 17.8 Å². The summed E-state index contributed by atoms with van der Waals surface area (Å²) in [5, 5.41) is -0.237. The van der Waals surface area contributed by atoms with Crippen molar-refractivity contribution in [3.8, 4) is 0 Å². The van der Waals surface area contributed by atoms with Crippen LogP contribution in [0.15, 0.2) is 12.2 Å². The zero-order chi connectivity index (χ0) is 11.2. The van der Waals surface area contributed by atoms with E-state index in [2.05, 4.69) is 12.2 Å². The molecular weight excluding hydrogens is 224 g/mol. The van der Waals surface area contributed by atoms with E-state index in [9.17, 15) is 8.42 Å². The fourth-order valence-corrected chi connectivity index (χ4v) is 4.95. The highest BCUT2D eigenvalue weighted by Gasteiger charge is 2.40. The number of hydrogen-bond acceptors (Lipinski definition) is 3. The van der Waals surface area contributed by atoms with Gasteiger partial charge in [0, 0.05) is 0 Å². The quantitative estimate of drug-likeness (QED) is 0.550. The molecule has 2 fully saturated rings. The summed E-state index contributed by atoms with van der Waals surface area (Å²) in [6, 6.07) is 0. The van der Waals surface area contributed by atoms with Crippen molar-refractivity contribution in [2.45, 2.75) is 37.4 Å². The zero-order valence-corrected chi connectivity index (χ0v) is 10.2. The Morgan fingerprint density at radius 1 is 1.25 bits per heavy atom. The second-order valence-electron chi connectivity index (χ2n) is 5.36. The fraction of sp³-hybridized carbons (Fsp3) is 0.833. The van der Waals surface area contributed by atoms with Crippen LogP contribution in [-0.2, 0) is 14.3 Å². The molecule has 1 aliphatic heterocycles. The molecule has 2 bridgehead atoms. The predicted octanol–water partition coefficient (Wildman–Crippen LogP) is 2.10. The third kappa shape index (κ3) is 1.82. The lowest BCUT2D eigenvalue weighted by atomic mass is 9.88. The molecule has 1 saturated heterocycles. The van der Waals surface area contributed by atoms with E-state index >= 15 is 0 Å². The first-order valence-corrected chi connectivity index (χ1v) is 7.69. The molecule has 16 heavy (non-hydrogen) atoms. The van der Waals surface area contributed by atoms with Crippen LogP contribution in [0.25, 0.3) is 0 Å². The van der Waals surface area contributed by atoms with Crippen LogP contribution in [0.5, 0.6) is 0 Å². The summed E-state index contributed by atoms with van der Waals surface area (Å²) < 4.78 is 28.4. The molecule has 0 aromatic rings. The van der Waals surface area contributed by atoms with Crippen LogP contribution in [-0.4, -0.2) is 20.3 Å². The second-order valence-corrected chi connectivity index (χ2v) is 7.24. The number of allylic oxidation sites excluding steroid dienone is 2. The van der Waals surface area contributed by atoms with Crippen LogP contribution in [0.2, 0.25) is 0 Å². The summed E-state index contributed by atoms with van der Waals surface area (Å²) >= 11 is 0. The van der Waals surface area contributed by atoms with Crippen molar-refractivity contribution in [3.05, 3.63) is 12.2 Å². The van der Waals surface area contributed by atoms with E-state index in [4.69, 9.17) is 4.18 Å². The molecule has 1 saturated carbocycles. The van der Waals surface area contributed by atoms with Crippen LogP contribution >= 0.6 is 0 Å². The Labute approximate surface area is 97.0 Å². The summed E-state index contributed by atoms with van der Waals surface area (Å²) in [5.41, 5.74) is 0. The summed E-state index contributed by atoms with van der Waals surface area (Å²) in [4.78, 5) is 0. The molecule has 4 unspecified atom stereocenters. The van der Waals surface area contributed by atoms with E-state index in [1.807, 2.05) is 0 Å². The standard InChI is InChI=1S/C12H18O3S/c13-16(14)12(2-1-5-15-16)8-11-7-9-3-4-10(11)6-9/h3-4,9-12H,1-2,5-8H2. The molecule has 3 aliphatic rings. The minimum absolute atomic E-state index is 0.237. The van der Waals surface area contributed by atoms with Gasteiger partial charge in [-0.3, -0.25) is 4.18 Å². The topological polar surface area (TPSA) is 43.4 Å². The molecular formula is C12H18O3S. The Bertz CT molecular complexity index is 398. The number of hydrogen-bond donors (Lipinski definition) is 0. The summed E-state index contributed by atoms with van der Waals surface area (Å²) in [7, 11) is -3.25. The number of rotatable bonds is 2. The van der Waals surface area contributed by atoms with Crippen molar-refractivity contribution in [1.29, 1.82) is 0 Å². The maximum absolute atomic E-state index is 11.7. The van der Waals surface area contributed by atoms with Gasteiger partial charge in [-0.05, 0) is 49.9 Å². The number of fused-ring (bicyclic) bond motifs is 2. The van der Waals surface area contributed by atoms with E-state index < -0.39 is 10.1 Å². The van der Waals surface area contributed by atoms with Gasteiger partial charge in [-0.1, -0.05) is 12.2 Å². The summed E-state index contributed by atoms with van der Waals surface area (Å²) in [6.07, 6.45) is 9.52. The molecule has 0 aromatic carbocycles. The van der Waals surface area contributed by atoms with Crippen molar-refractivity contribution in [3.63, 3.8) is 0 Å². The highest BCUT2D eigenvalue weighted by atomic mass is 32.2. The Balaban J connectivity index is 1.68. The average Bonchev–Trinajstić information content (AvgIpc) is 2.82. The minimum atomic E-state index is -3.25. The first-order chi connectivity index (χ1) is 7.65. The lowest BCUT2D eigenvalue weighted by Gasteiger charge is -2.27. The van der Waals surface area contributed by atoms with E-state index in [1.54, 1.807) is 0 Å². The molecule has 0 spiro atoms. The molecule has 2 aliphatic carbocycles. The van der Waals surface area contributed by atoms with Gasteiger partial charge in [-0.25, -0.2) is 0 Å². The lowest BCUT2D eigenvalue weighted by molar-refractivity contribution is 0.260. The minimum Gasteiger partial charge on any atom is -0.270 e. The largest absolute Gasteiger partial charge is 0.270 e. The van der Waals surface area contributed by atoms with Crippen molar-refractivity contribution in [2.24, 2.45) is 17.8 Å². The Kier molecular flexibility index (Phi) is 2.59. The van der Waals surface area contributed by atoms with Crippen molar-refractivity contribution >= 4 is 10.1 Å². The molecule has 3 rings (SSSR count). The normalized spacial score (nSPS) is 45.0. The molecule has 90 valence electrons. The molecule has 3 nitrogen and oxygen atoms in total. The van der Waals surface area contributed by atoms with E-state index in [0.29, 0.717) is 18.4 Å². The van der Waals surface area contributed by atoms with Crippen LogP contribution in [0.1, 0.15) is 32.1 Å². The molecule has 0 radical (unpaired) electrons. The molecule has 0 aromatic heterocycles. The van der Waals surface area contributed by atoms with Gasteiger partial charge in [0.1, 0.15) is 0 Å². The molecule has 0 N–H and O–H groups in total. The molecule has 4 atom stereocenters. The van der Waals surface area contributed by atoms with Gasteiger partial charge in [0.15, 0.2) is 0 Å². The van der Waals surface area contributed by atoms with E-state index in [0.717, 1.165) is 25.2 Å².